The van der Waals surface area contributed by atoms with Gasteiger partial charge in [-0.3, -0.25) is 4.72 Å². The van der Waals surface area contributed by atoms with Gasteiger partial charge in [0.05, 0.1) is 10.7 Å². The van der Waals surface area contributed by atoms with E-state index in [9.17, 15) is 8.42 Å². The molecular formula is C13H12BrClN2O2S. The van der Waals surface area contributed by atoms with Gasteiger partial charge in [0.15, 0.2) is 0 Å². The Kier molecular flexibility index (Phi) is 4.27. The molecule has 2 aromatic carbocycles. The Bertz CT molecular complexity index is 763. The SMILES string of the molecule is Cc1c(N)cccc1NS(=O)(=O)c1ccc(Br)cc1Cl. The summed E-state index contributed by atoms with van der Waals surface area (Å²) >= 11 is 9.21. The van der Waals surface area contributed by atoms with E-state index in [0.29, 0.717) is 21.4 Å². The van der Waals surface area contributed by atoms with Crippen molar-refractivity contribution in [2.75, 3.05) is 10.5 Å². The van der Waals surface area contributed by atoms with E-state index in [2.05, 4.69) is 20.7 Å². The van der Waals surface area contributed by atoms with E-state index in [4.69, 9.17) is 17.3 Å². The number of hydrogen-bond acceptors (Lipinski definition) is 3. The molecule has 2 aromatic rings. The minimum absolute atomic E-state index is 0.0178. The van der Waals surface area contributed by atoms with Crippen LogP contribution in [-0.2, 0) is 10.0 Å². The second kappa shape index (κ2) is 5.63. The molecule has 0 aliphatic heterocycles. The Labute approximate surface area is 131 Å². The van der Waals surface area contributed by atoms with Crippen molar-refractivity contribution in [2.45, 2.75) is 11.8 Å². The number of nitrogens with two attached hydrogens (primary N) is 1. The normalized spacial score (nSPS) is 11.3. The van der Waals surface area contributed by atoms with Crippen LogP contribution in [-0.4, -0.2) is 8.42 Å². The lowest BCUT2D eigenvalue weighted by atomic mass is 10.2. The highest BCUT2D eigenvalue weighted by molar-refractivity contribution is 9.10. The first kappa shape index (κ1) is 15.2. The van der Waals surface area contributed by atoms with Crippen molar-refractivity contribution >= 4 is 48.9 Å². The predicted octanol–water partition coefficient (Wildman–Crippen LogP) is 3.79. The molecule has 0 amide bonds. The highest BCUT2D eigenvalue weighted by Gasteiger charge is 2.19. The van der Waals surface area contributed by atoms with Crippen molar-refractivity contribution in [3.63, 3.8) is 0 Å². The smallest absolute Gasteiger partial charge is 0.263 e. The monoisotopic (exact) mass is 374 g/mol. The van der Waals surface area contributed by atoms with E-state index < -0.39 is 10.0 Å². The molecule has 3 N–H and O–H groups in total. The molecule has 0 radical (unpaired) electrons. The summed E-state index contributed by atoms with van der Waals surface area (Å²) in [5, 5.41) is 0.147. The Morgan fingerprint density at radius 1 is 1.25 bits per heavy atom. The number of hydrogen-bond donors (Lipinski definition) is 2. The first-order valence-corrected chi connectivity index (χ1v) is 8.29. The van der Waals surface area contributed by atoms with Crippen LogP contribution >= 0.6 is 27.5 Å². The van der Waals surface area contributed by atoms with E-state index >= 15 is 0 Å². The van der Waals surface area contributed by atoms with Crippen LogP contribution in [0.1, 0.15) is 5.56 Å². The number of sulfonamides is 1. The van der Waals surface area contributed by atoms with Gasteiger partial charge in [-0.05, 0) is 42.8 Å². The fourth-order valence-electron chi connectivity index (χ4n) is 1.66. The lowest BCUT2D eigenvalue weighted by Crippen LogP contribution is -2.14. The van der Waals surface area contributed by atoms with E-state index in [0.717, 1.165) is 0 Å². The number of nitrogens with one attached hydrogen (secondary N) is 1. The Balaban J connectivity index is 2.44. The molecule has 2 rings (SSSR count). The molecule has 106 valence electrons. The average Bonchev–Trinajstić information content (AvgIpc) is 2.34. The summed E-state index contributed by atoms with van der Waals surface area (Å²) in [6.45, 7) is 1.75. The Morgan fingerprint density at radius 3 is 2.60 bits per heavy atom. The second-order valence-corrected chi connectivity index (χ2v) is 7.17. The molecule has 0 spiro atoms. The topological polar surface area (TPSA) is 72.2 Å². The molecule has 0 saturated heterocycles. The molecule has 0 atom stereocenters. The summed E-state index contributed by atoms with van der Waals surface area (Å²) in [6.07, 6.45) is 0. The summed E-state index contributed by atoms with van der Waals surface area (Å²) in [7, 11) is -3.76. The maximum atomic E-state index is 12.3. The summed E-state index contributed by atoms with van der Waals surface area (Å²) in [5.74, 6) is 0. The van der Waals surface area contributed by atoms with Gasteiger partial charge in [0.1, 0.15) is 4.90 Å². The number of benzene rings is 2. The van der Waals surface area contributed by atoms with Gasteiger partial charge in [-0.25, -0.2) is 8.42 Å². The summed E-state index contributed by atoms with van der Waals surface area (Å²) in [6, 6.07) is 9.63. The van der Waals surface area contributed by atoms with Crippen molar-refractivity contribution in [2.24, 2.45) is 0 Å². The van der Waals surface area contributed by atoms with Crippen LogP contribution in [0.2, 0.25) is 5.02 Å². The molecule has 4 nitrogen and oxygen atoms in total. The van der Waals surface area contributed by atoms with E-state index in [1.807, 2.05) is 0 Å². The molecule has 0 saturated carbocycles. The van der Waals surface area contributed by atoms with Gasteiger partial charge in [-0.1, -0.05) is 33.6 Å². The maximum absolute atomic E-state index is 12.3. The van der Waals surface area contributed by atoms with Crippen molar-refractivity contribution in [1.82, 2.24) is 0 Å². The zero-order valence-corrected chi connectivity index (χ0v) is 13.7. The van der Waals surface area contributed by atoms with Crippen LogP contribution in [0.4, 0.5) is 11.4 Å². The molecular weight excluding hydrogens is 364 g/mol. The summed E-state index contributed by atoms with van der Waals surface area (Å²) in [4.78, 5) is 0.0178. The third kappa shape index (κ3) is 3.08. The fourth-order valence-corrected chi connectivity index (χ4v) is 3.82. The maximum Gasteiger partial charge on any atom is 0.263 e. The molecule has 0 aliphatic rings. The van der Waals surface area contributed by atoms with Crippen molar-refractivity contribution in [3.05, 3.63) is 51.5 Å². The van der Waals surface area contributed by atoms with Crippen LogP contribution < -0.4 is 10.5 Å². The van der Waals surface area contributed by atoms with E-state index in [-0.39, 0.29) is 9.92 Å². The van der Waals surface area contributed by atoms with Gasteiger partial charge in [0.2, 0.25) is 0 Å². The Morgan fingerprint density at radius 2 is 1.95 bits per heavy atom. The van der Waals surface area contributed by atoms with Gasteiger partial charge in [-0.2, -0.15) is 0 Å². The van der Waals surface area contributed by atoms with Crippen LogP contribution in [0, 0.1) is 6.92 Å². The fraction of sp³-hybridized carbons (Fsp3) is 0.0769. The standard InChI is InChI=1S/C13H12BrClN2O2S/c1-8-11(16)3-2-4-12(8)17-20(18,19)13-6-5-9(14)7-10(13)15/h2-7,17H,16H2,1H3. The minimum Gasteiger partial charge on any atom is -0.398 e. The van der Waals surface area contributed by atoms with Crippen molar-refractivity contribution in [1.29, 1.82) is 0 Å². The van der Waals surface area contributed by atoms with E-state index in [1.54, 1.807) is 31.2 Å². The molecule has 0 aromatic heterocycles. The lowest BCUT2D eigenvalue weighted by Gasteiger charge is -2.13. The van der Waals surface area contributed by atoms with Gasteiger partial charge in [0, 0.05) is 10.2 Å². The van der Waals surface area contributed by atoms with Crippen molar-refractivity contribution < 1.29 is 8.42 Å². The molecule has 0 fully saturated rings. The summed E-state index contributed by atoms with van der Waals surface area (Å²) in [5.41, 5.74) is 7.39. The van der Waals surface area contributed by atoms with Gasteiger partial charge in [0.25, 0.3) is 10.0 Å². The molecule has 0 unspecified atom stereocenters. The number of nitrogen functional groups attached to an aromatic ring is 1. The quantitative estimate of drug-likeness (QED) is 0.802. The van der Waals surface area contributed by atoms with Crippen molar-refractivity contribution in [3.8, 4) is 0 Å². The molecule has 0 bridgehead atoms. The van der Waals surface area contributed by atoms with Crippen LogP contribution in [0.15, 0.2) is 45.8 Å². The van der Waals surface area contributed by atoms with Gasteiger partial charge >= 0.3 is 0 Å². The largest absolute Gasteiger partial charge is 0.398 e. The van der Waals surface area contributed by atoms with E-state index in [1.165, 1.54) is 12.1 Å². The number of halogens is 2. The molecule has 20 heavy (non-hydrogen) atoms. The zero-order chi connectivity index (χ0) is 14.9. The Hall–Kier alpha value is -1.24. The number of rotatable bonds is 3. The second-order valence-electron chi connectivity index (χ2n) is 4.20. The first-order valence-electron chi connectivity index (χ1n) is 5.64. The molecule has 0 aliphatic carbocycles. The summed E-state index contributed by atoms with van der Waals surface area (Å²) < 4.78 is 27.9. The third-order valence-corrected chi connectivity index (χ3v) is 5.15. The van der Waals surface area contributed by atoms with Crippen LogP contribution in [0.5, 0.6) is 0 Å². The van der Waals surface area contributed by atoms with Crippen LogP contribution in [0.25, 0.3) is 0 Å². The molecule has 7 heteroatoms. The van der Waals surface area contributed by atoms with Crippen LogP contribution in [0.3, 0.4) is 0 Å². The zero-order valence-electron chi connectivity index (χ0n) is 10.5. The highest BCUT2D eigenvalue weighted by Crippen LogP contribution is 2.28. The number of anilines is 2. The van der Waals surface area contributed by atoms with Gasteiger partial charge in [-0.15, -0.1) is 0 Å². The third-order valence-electron chi connectivity index (χ3n) is 2.80. The lowest BCUT2D eigenvalue weighted by molar-refractivity contribution is 0.601. The van der Waals surface area contributed by atoms with Gasteiger partial charge < -0.3 is 5.73 Å². The predicted molar refractivity (Wildman–Crippen MR) is 85.6 cm³/mol. The average molecular weight is 376 g/mol. The minimum atomic E-state index is -3.76. The first-order chi connectivity index (χ1) is 9.31. The highest BCUT2D eigenvalue weighted by atomic mass is 79.9. The molecule has 0 heterocycles.